The van der Waals surface area contributed by atoms with Gasteiger partial charge in [0.2, 0.25) is 0 Å². The van der Waals surface area contributed by atoms with Crippen LogP contribution in [0.1, 0.15) is 11.1 Å². The van der Waals surface area contributed by atoms with E-state index in [1.807, 2.05) is 34.1 Å². The van der Waals surface area contributed by atoms with Crippen molar-refractivity contribution in [2.45, 2.75) is 19.1 Å². The lowest BCUT2D eigenvalue weighted by Crippen LogP contribution is -2.51. The Labute approximate surface area is 169 Å². The van der Waals surface area contributed by atoms with E-state index in [0.717, 1.165) is 36.5 Å². The highest BCUT2D eigenvalue weighted by molar-refractivity contribution is 5.77. The van der Waals surface area contributed by atoms with E-state index in [0.29, 0.717) is 19.6 Å². The average Bonchev–Trinajstić information content (AvgIpc) is 3.03. The third-order valence-corrected chi connectivity index (χ3v) is 5.60. The van der Waals surface area contributed by atoms with Crippen LogP contribution in [-0.2, 0) is 13.1 Å². The minimum Gasteiger partial charge on any atom is -0.497 e. The number of amides is 2. The van der Waals surface area contributed by atoms with E-state index in [-0.39, 0.29) is 22.7 Å². The summed E-state index contributed by atoms with van der Waals surface area (Å²) in [6.07, 6.45) is 0. The molecule has 8 nitrogen and oxygen atoms in total. The van der Waals surface area contributed by atoms with Gasteiger partial charge in [0.15, 0.2) is 0 Å². The van der Waals surface area contributed by atoms with Crippen LogP contribution in [0.2, 0.25) is 0 Å². The van der Waals surface area contributed by atoms with Crippen LogP contribution in [0.25, 0.3) is 0 Å². The molecule has 2 aliphatic rings. The summed E-state index contributed by atoms with van der Waals surface area (Å²) in [5.74, 6) is 0.806. The third-order valence-electron chi connectivity index (χ3n) is 5.60. The van der Waals surface area contributed by atoms with E-state index < -0.39 is 0 Å². The number of nitro groups is 1. The lowest BCUT2D eigenvalue weighted by Gasteiger charge is -2.36. The van der Waals surface area contributed by atoms with E-state index in [1.54, 1.807) is 31.4 Å². The second kappa shape index (κ2) is 8.08. The van der Waals surface area contributed by atoms with Gasteiger partial charge in [0.05, 0.1) is 18.1 Å². The molecule has 0 bridgehead atoms. The molecule has 2 aliphatic heterocycles. The van der Waals surface area contributed by atoms with E-state index in [2.05, 4.69) is 4.90 Å². The number of carbonyl (C=O) groups is 1. The molecule has 152 valence electrons. The van der Waals surface area contributed by atoms with Gasteiger partial charge in [-0.15, -0.1) is 0 Å². The first-order valence-corrected chi connectivity index (χ1v) is 9.67. The van der Waals surface area contributed by atoms with E-state index in [1.165, 1.54) is 0 Å². The Morgan fingerprint density at radius 3 is 2.31 bits per heavy atom. The summed E-state index contributed by atoms with van der Waals surface area (Å²) in [5, 5.41) is 10.8. The minimum absolute atomic E-state index is 0.0980. The maximum absolute atomic E-state index is 12.8. The molecular formula is C21H24N4O4. The number of piperazine rings is 1. The van der Waals surface area contributed by atoms with Crippen molar-refractivity contribution < 1.29 is 14.5 Å². The molecule has 0 aliphatic carbocycles. The van der Waals surface area contributed by atoms with Crippen molar-refractivity contribution in [2.24, 2.45) is 0 Å². The number of ether oxygens (including phenoxy) is 1. The lowest BCUT2D eigenvalue weighted by molar-refractivity contribution is -0.384. The Hall–Kier alpha value is -3.13. The first kappa shape index (κ1) is 19.2. The van der Waals surface area contributed by atoms with Gasteiger partial charge in [-0.3, -0.25) is 15.0 Å². The molecule has 0 spiro atoms. The number of non-ortho nitro benzene ring substituents is 1. The van der Waals surface area contributed by atoms with Crippen molar-refractivity contribution in [3.8, 4) is 5.75 Å². The molecule has 0 N–H and O–H groups in total. The summed E-state index contributed by atoms with van der Waals surface area (Å²) in [4.78, 5) is 29.4. The fraction of sp³-hybridized carbons (Fsp3) is 0.381. The number of methoxy groups -OCH3 is 1. The third kappa shape index (κ3) is 4.17. The highest BCUT2D eigenvalue weighted by Crippen LogP contribution is 2.24. The second-order valence-electron chi connectivity index (χ2n) is 7.52. The van der Waals surface area contributed by atoms with Crippen LogP contribution in [0.5, 0.6) is 5.75 Å². The number of carbonyl (C=O) groups excluding carboxylic acids is 1. The summed E-state index contributed by atoms with van der Waals surface area (Å²) < 4.78 is 5.19. The molecule has 0 aromatic heterocycles. The standard InChI is InChI=1S/C21H24N4O4/c1-29-20-8-4-17(5-9-20)13-23-15-19-14-22(10-11-24(19)21(23)26)12-16-2-6-18(7-3-16)25(27)28/h2-9,19H,10-15H2,1H3/t19-/m1/s1. The molecule has 0 saturated carbocycles. The Balaban J connectivity index is 1.35. The fourth-order valence-electron chi connectivity index (χ4n) is 4.05. The summed E-state index contributed by atoms with van der Waals surface area (Å²) in [6, 6.07) is 14.8. The van der Waals surface area contributed by atoms with Crippen LogP contribution in [0, 0.1) is 10.1 Å². The highest BCUT2D eigenvalue weighted by atomic mass is 16.6. The van der Waals surface area contributed by atoms with Crippen LogP contribution in [0.15, 0.2) is 48.5 Å². The average molecular weight is 396 g/mol. The zero-order valence-electron chi connectivity index (χ0n) is 16.4. The molecule has 2 aromatic carbocycles. The Kier molecular flexibility index (Phi) is 5.35. The van der Waals surface area contributed by atoms with Gasteiger partial charge in [0.1, 0.15) is 5.75 Å². The predicted molar refractivity (Wildman–Crippen MR) is 108 cm³/mol. The van der Waals surface area contributed by atoms with Crippen LogP contribution in [0.4, 0.5) is 10.5 Å². The topological polar surface area (TPSA) is 79.2 Å². The summed E-state index contributed by atoms with van der Waals surface area (Å²) in [6.45, 7) is 4.35. The van der Waals surface area contributed by atoms with E-state index >= 15 is 0 Å². The second-order valence-corrected chi connectivity index (χ2v) is 7.52. The fourth-order valence-corrected chi connectivity index (χ4v) is 4.05. The van der Waals surface area contributed by atoms with E-state index in [4.69, 9.17) is 4.74 Å². The van der Waals surface area contributed by atoms with Gasteiger partial charge in [0, 0.05) is 51.4 Å². The normalized spacial score (nSPS) is 19.3. The first-order chi connectivity index (χ1) is 14.0. The molecule has 8 heteroatoms. The Bertz CT molecular complexity index is 885. The zero-order valence-corrected chi connectivity index (χ0v) is 16.4. The number of urea groups is 1. The largest absolute Gasteiger partial charge is 0.497 e. The maximum atomic E-state index is 12.8. The zero-order chi connectivity index (χ0) is 20.4. The molecule has 29 heavy (non-hydrogen) atoms. The van der Waals surface area contributed by atoms with Gasteiger partial charge in [-0.25, -0.2) is 4.79 Å². The van der Waals surface area contributed by atoms with Crippen LogP contribution >= 0.6 is 0 Å². The highest BCUT2D eigenvalue weighted by Gasteiger charge is 2.40. The van der Waals surface area contributed by atoms with Crippen molar-refractivity contribution in [3.05, 3.63) is 69.8 Å². The molecule has 0 unspecified atom stereocenters. The lowest BCUT2D eigenvalue weighted by atomic mass is 10.1. The Morgan fingerprint density at radius 1 is 1.00 bits per heavy atom. The number of hydrogen-bond donors (Lipinski definition) is 0. The summed E-state index contributed by atoms with van der Waals surface area (Å²) in [7, 11) is 1.64. The number of benzene rings is 2. The Morgan fingerprint density at radius 2 is 1.66 bits per heavy atom. The molecule has 4 rings (SSSR count). The smallest absolute Gasteiger partial charge is 0.320 e. The van der Waals surface area contributed by atoms with Gasteiger partial charge in [-0.1, -0.05) is 24.3 Å². The molecule has 2 fully saturated rings. The molecule has 2 amide bonds. The maximum Gasteiger partial charge on any atom is 0.320 e. The quantitative estimate of drug-likeness (QED) is 0.554. The van der Waals surface area contributed by atoms with Gasteiger partial charge in [-0.2, -0.15) is 0 Å². The molecule has 2 saturated heterocycles. The summed E-state index contributed by atoms with van der Waals surface area (Å²) >= 11 is 0. The van der Waals surface area contributed by atoms with Gasteiger partial charge in [0.25, 0.3) is 5.69 Å². The molecule has 2 heterocycles. The predicted octanol–water partition coefficient (Wildman–Crippen LogP) is 2.73. The van der Waals surface area contributed by atoms with Crippen molar-refractivity contribution in [1.29, 1.82) is 0 Å². The summed E-state index contributed by atoms with van der Waals surface area (Å²) in [5.41, 5.74) is 2.24. The number of nitrogens with zero attached hydrogens (tertiary/aromatic N) is 4. The number of nitro benzene ring substituents is 1. The monoisotopic (exact) mass is 396 g/mol. The van der Waals surface area contributed by atoms with Crippen LogP contribution in [-0.4, -0.2) is 65.0 Å². The van der Waals surface area contributed by atoms with E-state index in [9.17, 15) is 14.9 Å². The minimum atomic E-state index is -0.385. The number of fused-ring (bicyclic) bond motifs is 1. The molecular weight excluding hydrogens is 372 g/mol. The van der Waals surface area contributed by atoms with Crippen LogP contribution in [0.3, 0.4) is 0 Å². The van der Waals surface area contributed by atoms with Crippen molar-refractivity contribution >= 4 is 11.7 Å². The molecule has 0 radical (unpaired) electrons. The van der Waals surface area contributed by atoms with Crippen molar-refractivity contribution in [3.63, 3.8) is 0 Å². The van der Waals surface area contributed by atoms with Gasteiger partial charge < -0.3 is 14.5 Å². The number of rotatable bonds is 6. The first-order valence-electron chi connectivity index (χ1n) is 9.67. The SMILES string of the molecule is COc1ccc(CN2C[C@H]3CN(Cc4ccc([N+](=O)[O-])cc4)CCN3C2=O)cc1. The molecule has 2 aromatic rings. The van der Waals surface area contributed by atoms with Crippen LogP contribution < -0.4 is 4.74 Å². The number of hydrogen-bond acceptors (Lipinski definition) is 5. The van der Waals surface area contributed by atoms with Gasteiger partial charge >= 0.3 is 6.03 Å². The molecule has 1 atom stereocenters. The van der Waals surface area contributed by atoms with Crippen molar-refractivity contribution in [2.75, 3.05) is 33.3 Å². The van der Waals surface area contributed by atoms with Crippen molar-refractivity contribution in [1.82, 2.24) is 14.7 Å². The van der Waals surface area contributed by atoms with Gasteiger partial charge in [-0.05, 0) is 23.3 Å².